The van der Waals surface area contributed by atoms with Crippen molar-refractivity contribution in [1.82, 2.24) is 5.32 Å². The Kier molecular flexibility index (Phi) is 8.92. The average molecular weight is 521 g/mol. The number of hydrogen-bond acceptors (Lipinski definition) is 6. The molecule has 2 amide bonds. The quantitative estimate of drug-likeness (QED) is 0.364. The molecule has 0 aliphatic heterocycles. The van der Waals surface area contributed by atoms with Gasteiger partial charge in [-0.25, -0.2) is 4.79 Å². The minimum atomic E-state index is -0.563. The minimum Gasteiger partial charge on any atom is -0.482 e. The summed E-state index contributed by atoms with van der Waals surface area (Å²) < 4.78 is 10.6. The first kappa shape index (κ1) is 25.6. The predicted molar refractivity (Wildman–Crippen MR) is 133 cm³/mol. The second-order valence-corrected chi connectivity index (χ2v) is 8.92. The lowest BCUT2D eigenvalue weighted by atomic mass is 10.1. The third kappa shape index (κ3) is 6.50. The van der Waals surface area contributed by atoms with Crippen LogP contribution in [0.15, 0.2) is 48.5 Å². The normalized spacial score (nSPS) is 10.5. The standard InChI is InChI=1S/C24H22Cl2N2O5S/c1-3-32-24(31)21-14(2)20(22(30)27-12-15-7-5-4-6-8-15)23(34-21)28-19(29)13-33-18-10-9-16(25)11-17(18)26/h4-11H,3,12-13H2,1-2H3,(H,27,30)(H,28,29). The van der Waals surface area contributed by atoms with Crippen LogP contribution in [-0.2, 0) is 16.1 Å². The van der Waals surface area contributed by atoms with Gasteiger partial charge >= 0.3 is 5.97 Å². The van der Waals surface area contributed by atoms with Crippen LogP contribution in [0.2, 0.25) is 10.0 Å². The van der Waals surface area contributed by atoms with E-state index in [1.54, 1.807) is 26.0 Å². The number of carbonyl (C=O) groups is 3. The predicted octanol–water partition coefficient (Wildman–Crippen LogP) is 5.49. The van der Waals surface area contributed by atoms with E-state index in [-0.39, 0.29) is 46.0 Å². The van der Waals surface area contributed by atoms with Crippen LogP contribution in [0.3, 0.4) is 0 Å². The van der Waals surface area contributed by atoms with Crippen molar-refractivity contribution < 1.29 is 23.9 Å². The Labute approximate surface area is 211 Å². The van der Waals surface area contributed by atoms with Gasteiger partial charge in [0.05, 0.1) is 17.2 Å². The molecule has 0 aliphatic carbocycles. The van der Waals surface area contributed by atoms with E-state index < -0.39 is 17.8 Å². The highest BCUT2D eigenvalue weighted by Crippen LogP contribution is 2.34. The van der Waals surface area contributed by atoms with Gasteiger partial charge in [-0.15, -0.1) is 11.3 Å². The molecule has 7 nitrogen and oxygen atoms in total. The molecule has 34 heavy (non-hydrogen) atoms. The van der Waals surface area contributed by atoms with Crippen molar-refractivity contribution in [3.63, 3.8) is 0 Å². The summed E-state index contributed by atoms with van der Waals surface area (Å²) in [6.45, 7) is 3.44. The molecule has 3 aromatic rings. The summed E-state index contributed by atoms with van der Waals surface area (Å²) in [6, 6.07) is 14.0. The summed E-state index contributed by atoms with van der Waals surface area (Å²) in [6.07, 6.45) is 0. The average Bonchev–Trinajstić information content (AvgIpc) is 3.13. The summed E-state index contributed by atoms with van der Waals surface area (Å²) in [5.41, 5.74) is 1.53. The number of anilines is 1. The topological polar surface area (TPSA) is 93.7 Å². The smallest absolute Gasteiger partial charge is 0.348 e. The lowest BCUT2D eigenvalue weighted by molar-refractivity contribution is -0.118. The summed E-state index contributed by atoms with van der Waals surface area (Å²) in [7, 11) is 0. The van der Waals surface area contributed by atoms with Gasteiger partial charge < -0.3 is 20.1 Å². The Bertz CT molecular complexity index is 1200. The Hall–Kier alpha value is -3.07. The molecule has 1 heterocycles. The Balaban J connectivity index is 1.78. The third-order valence-electron chi connectivity index (χ3n) is 4.64. The first-order valence-corrected chi connectivity index (χ1v) is 11.9. The molecular weight excluding hydrogens is 499 g/mol. The first-order chi connectivity index (χ1) is 16.3. The van der Waals surface area contributed by atoms with Crippen LogP contribution in [0, 0.1) is 6.92 Å². The second-order valence-electron chi connectivity index (χ2n) is 7.06. The van der Waals surface area contributed by atoms with E-state index in [1.165, 1.54) is 6.07 Å². The molecule has 0 unspecified atom stereocenters. The molecular formula is C24H22Cl2N2O5S. The SMILES string of the molecule is CCOC(=O)c1sc(NC(=O)COc2ccc(Cl)cc2Cl)c(C(=O)NCc2ccccc2)c1C. The van der Waals surface area contributed by atoms with Crippen molar-refractivity contribution in [3.8, 4) is 5.75 Å². The van der Waals surface area contributed by atoms with E-state index in [0.29, 0.717) is 10.6 Å². The van der Waals surface area contributed by atoms with Crippen molar-refractivity contribution in [3.05, 3.63) is 80.1 Å². The highest BCUT2D eigenvalue weighted by molar-refractivity contribution is 7.18. The van der Waals surface area contributed by atoms with Crippen LogP contribution in [0.1, 0.15) is 38.1 Å². The van der Waals surface area contributed by atoms with Crippen LogP contribution < -0.4 is 15.4 Å². The highest BCUT2D eigenvalue weighted by Gasteiger charge is 2.26. The van der Waals surface area contributed by atoms with Gasteiger partial charge in [0.15, 0.2) is 6.61 Å². The maximum atomic E-state index is 13.0. The molecule has 0 bridgehead atoms. The van der Waals surface area contributed by atoms with E-state index in [9.17, 15) is 14.4 Å². The number of halogens is 2. The Morgan fingerprint density at radius 1 is 1.06 bits per heavy atom. The summed E-state index contributed by atoms with van der Waals surface area (Å²) in [4.78, 5) is 38.2. The fourth-order valence-corrected chi connectivity index (χ4v) is 4.61. The Morgan fingerprint density at radius 2 is 1.79 bits per heavy atom. The number of rotatable bonds is 9. The van der Waals surface area contributed by atoms with Crippen molar-refractivity contribution in [1.29, 1.82) is 0 Å². The molecule has 0 atom stereocenters. The maximum absolute atomic E-state index is 13.0. The molecule has 0 fully saturated rings. The minimum absolute atomic E-state index is 0.184. The zero-order chi connectivity index (χ0) is 24.7. The second kappa shape index (κ2) is 11.9. The molecule has 0 saturated carbocycles. The van der Waals surface area contributed by atoms with Crippen LogP contribution in [0.25, 0.3) is 0 Å². The Morgan fingerprint density at radius 3 is 2.47 bits per heavy atom. The first-order valence-electron chi connectivity index (χ1n) is 10.3. The number of amides is 2. The largest absolute Gasteiger partial charge is 0.482 e. The molecule has 2 aromatic carbocycles. The van der Waals surface area contributed by atoms with Gasteiger partial charge in [0.1, 0.15) is 15.6 Å². The van der Waals surface area contributed by atoms with Gasteiger partial charge in [-0.1, -0.05) is 53.5 Å². The zero-order valence-electron chi connectivity index (χ0n) is 18.4. The van der Waals surface area contributed by atoms with Crippen LogP contribution in [0.4, 0.5) is 5.00 Å². The number of hydrogen-bond donors (Lipinski definition) is 2. The summed E-state index contributed by atoms with van der Waals surface area (Å²) >= 11 is 12.9. The van der Waals surface area contributed by atoms with Crippen LogP contribution >= 0.6 is 34.5 Å². The molecule has 178 valence electrons. The number of ether oxygens (including phenoxy) is 2. The van der Waals surface area contributed by atoms with Crippen LogP contribution in [-0.4, -0.2) is 31.0 Å². The third-order valence-corrected chi connectivity index (χ3v) is 6.35. The van der Waals surface area contributed by atoms with Crippen molar-refractivity contribution >= 4 is 57.3 Å². The van der Waals surface area contributed by atoms with E-state index in [1.807, 2.05) is 30.3 Å². The lowest BCUT2D eigenvalue weighted by Crippen LogP contribution is -2.26. The number of nitrogens with one attached hydrogen (secondary N) is 2. The highest BCUT2D eigenvalue weighted by atomic mass is 35.5. The van der Waals surface area contributed by atoms with Gasteiger partial charge in [-0.2, -0.15) is 0 Å². The van der Waals surface area contributed by atoms with Crippen molar-refractivity contribution in [2.24, 2.45) is 0 Å². The van der Waals surface area contributed by atoms with Crippen molar-refractivity contribution in [2.75, 3.05) is 18.5 Å². The number of carbonyl (C=O) groups excluding carboxylic acids is 3. The van der Waals surface area contributed by atoms with E-state index >= 15 is 0 Å². The molecule has 1 aromatic heterocycles. The number of esters is 1. The van der Waals surface area contributed by atoms with Gasteiger partial charge in [0, 0.05) is 11.6 Å². The summed E-state index contributed by atoms with van der Waals surface area (Å²) in [5.74, 6) is -1.23. The maximum Gasteiger partial charge on any atom is 0.348 e. The summed E-state index contributed by atoms with van der Waals surface area (Å²) in [5, 5.41) is 6.42. The monoisotopic (exact) mass is 520 g/mol. The fraction of sp³-hybridized carbons (Fsp3) is 0.208. The van der Waals surface area contributed by atoms with Crippen LogP contribution in [0.5, 0.6) is 5.75 Å². The van der Waals surface area contributed by atoms with E-state index in [2.05, 4.69) is 10.6 Å². The lowest BCUT2D eigenvalue weighted by Gasteiger charge is -2.10. The van der Waals surface area contributed by atoms with Crippen molar-refractivity contribution in [2.45, 2.75) is 20.4 Å². The van der Waals surface area contributed by atoms with Gasteiger partial charge in [0.25, 0.3) is 11.8 Å². The molecule has 0 spiro atoms. The van der Waals surface area contributed by atoms with E-state index in [4.69, 9.17) is 32.7 Å². The molecule has 0 radical (unpaired) electrons. The van der Waals surface area contributed by atoms with E-state index in [0.717, 1.165) is 16.9 Å². The van der Waals surface area contributed by atoms with Gasteiger partial charge in [-0.3, -0.25) is 9.59 Å². The fourth-order valence-electron chi connectivity index (χ4n) is 3.03. The molecule has 0 saturated heterocycles. The molecule has 0 aliphatic rings. The number of benzene rings is 2. The number of thiophene rings is 1. The molecule has 3 rings (SSSR count). The zero-order valence-corrected chi connectivity index (χ0v) is 20.8. The molecule has 10 heteroatoms. The van der Waals surface area contributed by atoms with Gasteiger partial charge in [-0.05, 0) is 43.2 Å². The molecule has 2 N–H and O–H groups in total. The van der Waals surface area contributed by atoms with Gasteiger partial charge in [0.2, 0.25) is 0 Å².